The van der Waals surface area contributed by atoms with Gasteiger partial charge in [0.05, 0.1) is 22.6 Å². The number of rotatable bonds is 5. The predicted octanol–water partition coefficient (Wildman–Crippen LogP) is 2.66. The molecule has 0 spiro atoms. The maximum Gasteiger partial charge on any atom is 0.289 e. The Bertz CT molecular complexity index is 758. The fraction of sp³-hybridized carbons (Fsp3) is 0.167. The summed E-state index contributed by atoms with van der Waals surface area (Å²) < 4.78 is 30.8. The number of nitrogens with zero attached hydrogens (tertiary/aromatic N) is 2. The summed E-state index contributed by atoms with van der Waals surface area (Å²) in [5.74, 6) is 0.463. The van der Waals surface area contributed by atoms with Crippen LogP contribution in [0.1, 0.15) is 5.76 Å². The molecule has 0 aliphatic carbocycles. The maximum absolute atomic E-state index is 12.4. The average molecular weight is 331 g/mol. The largest absolute Gasteiger partial charge is 0.468 e. The van der Waals surface area contributed by atoms with Gasteiger partial charge in [-0.2, -0.15) is 4.31 Å². The molecule has 2 aromatic rings. The van der Waals surface area contributed by atoms with E-state index in [0.29, 0.717) is 5.76 Å². The van der Waals surface area contributed by atoms with Gasteiger partial charge in [-0.1, -0.05) is 11.6 Å². The average Bonchev–Trinajstić information content (AvgIpc) is 2.91. The molecule has 0 saturated carbocycles. The van der Waals surface area contributed by atoms with Crippen molar-refractivity contribution in [2.24, 2.45) is 0 Å². The van der Waals surface area contributed by atoms with Gasteiger partial charge in [-0.15, -0.1) is 0 Å². The van der Waals surface area contributed by atoms with Crippen LogP contribution in [-0.4, -0.2) is 24.7 Å². The van der Waals surface area contributed by atoms with Gasteiger partial charge < -0.3 is 4.42 Å². The van der Waals surface area contributed by atoms with Gasteiger partial charge in [0.15, 0.2) is 0 Å². The highest BCUT2D eigenvalue weighted by Gasteiger charge is 2.25. The van der Waals surface area contributed by atoms with Gasteiger partial charge in [0.1, 0.15) is 10.8 Å². The van der Waals surface area contributed by atoms with Gasteiger partial charge in [-0.25, -0.2) is 8.42 Å². The zero-order valence-corrected chi connectivity index (χ0v) is 12.5. The van der Waals surface area contributed by atoms with Crippen LogP contribution in [0, 0.1) is 10.1 Å². The third-order valence-corrected chi connectivity index (χ3v) is 4.90. The number of sulfonamides is 1. The molecule has 0 aliphatic heterocycles. The standard InChI is InChI=1S/C12H11ClN2O5S/c1-14(8-9-3-2-6-20-9)21(18,19)10-4-5-11(13)12(7-10)15(16)17/h2-7H,8H2,1H3. The molecule has 0 aliphatic rings. The molecule has 0 fully saturated rings. The number of furan rings is 1. The summed E-state index contributed by atoms with van der Waals surface area (Å²) in [7, 11) is -2.52. The van der Waals surface area contributed by atoms with Crippen LogP contribution in [0.25, 0.3) is 0 Å². The monoisotopic (exact) mass is 330 g/mol. The van der Waals surface area contributed by atoms with Crippen molar-refractivity contribution in [1.29, 1.82) is 0 Å². The van der Waals surface area contributed by atoms with Crippen LogP contribution in [0.2, 0.25) is 5.02 Å². The lowest BCUT2D eigenvalue weighted by molar-refractivity contribution is -0.384. The van der Waals surface area contributed by atoms with Gasteiger partial charge in [0.25, 0.3) is 5.69 Å². The Kier molecular flexibility index (Phi) is 4.31. The minimum atomic E-state index is -3.88. The lowest BCUT2D eigenvalue weighted by Gasteiger charge is -2.15. The number of benzene rings is 1. The molecule has 7 nitrogen and oxygen atoms in total. The lowest BCUT2D eigenvalue weighted by Crippen LogP contribution is -2.26. The second-order valence-corrected chi connectivity index (χ2v) is 6.66. The Morgan fingerprint density at radius 3 is 2.67 bits per heavy atom. The fourth-order valence-corrected chi connectivity index (χ4v) is 3.02. The van der Waals surface area contributed by atoms with Gasteiger partial charge in [0.2, 0.25) is 10.0 Å². The highest BCUT2D eigenvalue weighted by Crippen LogP contribution is 2.28. The highest BCUT2D eigenvalue weighted by atomic mass is 35.5. The van der Waals surface area contributed by atoms with Gasteiger partial charge in [-0.05, 0) is 24.3 Å². The number of nitro benzene ring substituents is 1. The first-order valence-electron chi connectivity index (χ1n) is 5.75. The molecule has 2 rings (SSSR count). The third kappa shape index (κ3) is 3.23. The summed E-state index contributed by atoms with van der Waals surface area (Å²) in [6.45, 7) is 0.0196. The first-order chi connectivity index (χ1) is 9.82. The van der Waals surface area contributed by atoms with Crippen molar-refractivity contribution in [3.8, 4) is 0 Å². The van der Waals surface area contributed by atoms with Crippen molar-refractivity contribution in [3.05, 3.63) is 57.5 Å². The molecule has 0 amide bonds. The summed E-state index contributed by atoms with van der Waals surface area (Å²) in [4.78, 5) is 9.90. The summed E-state index contributed by atoms with van der Waals surface area (Å²) in [6.07, 6.45) is 1.43. The number of hydrogen-bond acceptors (Lipinski definition) is 5. The number of nitro groups is 1. The Morgan fingerprint density at radius 1 is 1.38 bits per heavy atom. The first kappa shape index (κ1) is 15.5. The molecule has 0 bridgehead atoms. The van der Waals surface area contributed by atoms with Crippen molar-refractivity contribution in [1.82, 2.24) is 4.31 Å². The van der Waals surface area contributed by atoms with Crippen LogP contribution in [0.4, 0.5) is 5.69 Å². The minimum Gasteiger partial charge on any atom is -0.468 e. The molecule has 9 heteroatoms. The maximum atomic E-state index is 12.4. The van der Waals surface area contributed by atoms with E-state index in [1.165, 1.54) is 25.4 Å². The van der Waals surface area contributed by atoms with Crippen molar-refractivity contribution in [2.75, 3.05) is 7.05 Å². The quantitative estimate of drug-likeness (QED) is 0.620. The summed E-state index contributed by atoms with van der Waals surface area (Å²) >= 11 is 5.67. The minimum absolute atomic E-state index is 0.0196. The Labute approximate surface area is 125 Å². The molecule has 1 aromatic carbocycles. The summed E-state index contributed by atoms with van der Waals surface area (Å²) in [6, 6.07) is 6.63. The molecule has 0 atom stereocenters. The van der Waals surface area contributed by atoms with E-state index in [1.54, 1.807) is 12.1 Å². The molecule has 1 aromatic heterocycles. The molecule has 0 saturated heterocycles. The molecule has 112 valence electrons. The van der Waals surface area contributed by atoms with Gasteiger partial charge >= 0.3 is 0 Å². The van der Waals surface area contributed by atoms with Crippen molar-refractivity contribution in [2.45, 2.75) is 11.4 Å². The zero-order valence-electron chi connectivity index (χ0n) is 10.9. The zero-order chi connectivity index (χ0) is 15.6. The smallest absolute Gasteiger partial charge is 0.289 e. The van der Waals surface area contributed by atoms with E-state index in [1.807, 2.05) is 0 Å². The summed E-state index contributed by atoms with van der Waals surface area (Å²) in [5, 5.41) is 10.7. The third-order valence-electron chi connectivity index (χ3n) is 2.78. The topological polar surface area (TPSA) is 93.7 Å². The van der Waals surface area contributed by atoms with E-state index >= 15 is 0 Å². The first-order valence-corrected chi connectivity index (χ1v) is 7.57. The van der Waals surface area contributed by atoms with Crippen molar-refractivity contribution in [3.63, 3.8) is 0 Å². The van der Waals surface area contributed by atoms with Gasteiger partial charge in [-0.3, -0.25) is 10.1 Å². The molecular weight excluding hydrogens is 320 g/mol. The van der Waals surface area contributed by atoms with E-state index in [-0.39, 0.29) is 16.5 Å². The van der Waals surface area contributed by atoms with E-state index < -0.39 is 20.6 Å². The van der Waals surface area contributed by atoms with Crippen LogP contribution in [0.5, 0.6) is 0 Å². The van der Waals surface area contributed by atoms with Crippen LogP contribution < -0.4 is 0 Å². The Balaban J connectivity index is 2.35. The summed E-state index contributed by atoms with van der Waals surface area (Å²) in [5.41, 5.74) is -0.454. The Morgan fingerprint density at radius 2 is 2.10 bits per heavy atom. The van der Waals surface area contributed by atoms with Crippen LogP contribution in [0.15, 0.2) is 45.9 Å². The molecule has 0 unspecified atom stereocenters. The van der Waals surface area contributed by atoms with Gasteiger partial charge in [0, 0.05) is 13.1 Å². The second-order valence-electron chi connectivity index (χ2n) is 4.21. The van der Waals surface area contributed by atoms with E-state index in [0.717, 1.165) is 10.4 Å². The highest BCUT2D eigenvalue weighted by molar-refractivity contribution is 7.89. The van der Waals surface area contributed by atoms with Crippen molar-refractivity contribution >= 4 is 27.3 Å². The molecule has 21 heavy (non-hydrogen) atoms. The predicted molar refractivity (Wildman–Crippen MR) is 75.5 cm³/mol. The van der Waals surface area contributed by atoms with Crippen LogP contribution in [0.3, 0.4) is 0 Å². The normalized spacial score (nSPS) is 11.8. The Hall–Kier alpha value is -1.90. The number of halogens is 1. The molecule has 0 N–H and O–H groups in total. The molecule has 1 heterocycles. The molecular formula is C12H11ClN2O5S. The lowest BCUT2D eigenvalue weighted by atomic mass is 10.3. The van der Waals surface area contributed by atoms with E-state index in [9.17, 15) is 18.5 Å². The van der Waals surface area contributed by atoms with Crippen molar-refractivity contribution < 1.29 is 17.8 Å². The van der Waals surface area contributed by atoms with Crippen LogP contribution in [-0.2, 0) is 16.6 Å². The SMILES string of the molecule is CN(Cc1ccco1)S(=O)(=O)c1ccc(Cl)c([N+](=O)[O-])c1. The van der Waals surface area contributed by atoms with Crippen LogP contribution >= 0.6 is 11.6 Å². The molecule has 0 radical (unpaired) electrons. The second kappa shape index (κ2) is 5.84. The number of hydrogen-bond donors (Lipinski definition) is 0. The van der Waals surface area contributed by atoms with E-state index in [2.05, 4.69) is 0 Å². The fourth-order valence-electron chi connectivity index (χ4n) is 1.68. The van der Waals surface area contributed by atoms with E-state index in [4.69, 9.17) is 16.0 Å².